The Morgan fingerprint density at radius 1 is 1.05 bits per heavy atom. The third-order valence-corrected chi connectivity index (χ3v) is 3.11. The van der Waals surface area contributed by atoms with E-state index in [1.807, 2.05) is 0 Å². The van der Waals surface area contributed by atoms with E-state index < -0.39 is 0 Å². The molecule has 2 rings (SSSR count). The van der Waals surface area contributed by atoms with Crippen LogP contribution < -0.4 is 0 Å². The molecule has 2 nitrogen and oxygen atoms in total. The molecule has 0 radical (unpaired) electrons. The Labute approximate surface area is 120 Å². The molecule has 0 aromatic heterocycles. The van der Waals surface area contributed by atoms with E-state index in [2.05, 4.69) is 0 Å². The quantitative estimate of drug-likeness (QED) is 0.663. The largest absolute Gasteiger partial charge is 0.508 e. The first-order valence-electron chi connectivity index (χ1n) is 5.53. The zero-order valence-electron chi connectivity index (χ0n) is 9.81. The average molecular weight is 293 g/mol. The van der Waals surface area contributed by atoms with Gasteiger partial charge in [0.25, 0.3) is 0 Å². The lowest BCUT2D eigenvalue weighted by Crippen LogP contribution is -1.93. The SMILES string of the molecule is O=C(C=Cc1ccc(O)cc1Cl)c1ccc(Cl)cc1. The number of hydrogen-bond acceptors (Lipinski definition) is 2. The Kier molecular flexibility index (Phi) is 4.25. The van der Waals surface area contributed by atoms with E-state index in [-0.39, 0.29) is 11.5 Å². The summed E-state index contributed by atoms with van der Waals surface area (Å²) >= 11 is 11.7. The van der Waals surface area contributed by atoms with Crippen LogP contribution in [0.2, 0.25) is 10.0 Å². The highest BCUT2D eigenvalue weighted by atomic mass is 35.5. The van der Waals surface area contributed by atoms with Crippen molar-refractivity contribution in [1.82, 2.24) is 0 Å². The van der Waals surface area contributed by atoms with Gasteiger partial charge in [-0.2, -0.15) is 0 Å². The van der Waals surface area contributed by atoms with Crippen molar-refractivity contribution in [2.75, 3.05) is 0 Å². The summed E-state index contributed by atoms with van der Waals surface area (Å²) in [6, 6.07) is 11.2. The summed E-state index contributed by atoms with van der Waals surface area (Å²) in [6.07, 6.45) is 3.04. The van der Waals surface area contributed by atoms with E-state index in [1.54, 1.807) is 36.4 Å². The monoisotopic (exact) mass is 292 g/mol. The maximum atomic E-state index is 11.9. The Morgan fingerprint density at radius 3 is 2.37 bits per heavy atom. The van der Waals surface area contributed by atoms with E-state index in [1.165, 1.54) is 18.2 Å². The minimum absolute atomic E-state index is 0.0891. The van der Waals surface area contributed by atoms with Crippen molar-refractivity contribution >= 4 is 35.1 Å². The van der Waals surface area contributed by atoms with Gasteiger partial charge in [-0.3, -0.25) is 4.79 Å². The number of hydrogen-bond donors (Lipinski definition) is 1. The highest BCUT2D eigenvalue weighted by molar-refractivity contribution is 6.32. The van der Waals surface area contributed by atoms with Crippen molar-refractivity contribution in [2.45, 2.75) is 0 Å². The highest BCUT2D eigenvalue weighted by Crippen LogP contribution is 2.22. The second kappa shape index (κ2) is 5.91. The van der Waals surface area contributed by atoms with Crippen LogP contribution in [0, 0.1) is 0 Å². The van der Waals surface area contributed by atoms with Gasteiger partial charge in [-0.15, -0.1) is 0 Å². The Morgan fingerprint density at radius 2 is 1.74 bits per heavy atom. The van der Waals surface area contributed by atoms with E-state index in [0.29, 0.717) is 21.2 Å². The summed E-state index contributed by atoms with van der Waals surface area (Å²) in [5, 5.41) is 10.2. The maximum absolute atomic E-state index is 11.9. The molecule has 0 saturated carbocycles. The lowest BCUT2D eigenvalue weighted by molar-refractivity contribution is 0.104. The van der Waals surface area contributed by atoms with Gasteiger partial charge in [-0.05, 0) is 60.2 Å². The van der Waals surface area contributed by atoms with Crippen LogP contribution in [0.25, 0.3) is 6.08 Å². The second-order valence-corrected chi connectivity index (χ2v) is 4.75. The fourth-order valence-corrected chi connectivity index (χ4v) is 1.89. The lowest BCUT2D eigenvalue weighted by atomic mass is 10.1. The predicted octanol–water partition coefficient (Wildman–Crippen LogP) is 4.60. The molecule has 19 heavy (non-hydrogen) atoms. The molecule has 0 aliphatic rings. The van der Waals surface area contributed by atoms with Crippen molar-refractivity contribution in [3.05, 3.63) is 69.7 Å². The molecule has 0 fully saturated rings. The number of carbonyl (C=O) groups is 1. The van der Waals surface area contributed by atoms with Crippen molar-refractivity contribution in [1.29, 1.82) is 0 Å². The normalized spacial score (nSPS) is 10.8. The smallest absolute Gasteiger partial charge is 0.185 e. The molecule has 0 atom stereocenters. The van der Waals surface area contributed by atoms with Gasteiger partial charge in [-0.25, -0.2) is 0 Å². The molecule has 0 amide bonds. The van der Waals surface area contributed by atoms with Gasteiger partial charge in [0.2, 0.25) is 0 Å². The van der Waals surface area contributed by atoms with Crippen molar-refractivity contribution in [3.63, 3.8) is 0 Å². The number of allylic oxidation sites excluding steroid dienone is 1. The van der Waals surface area contributed by atoms with Crippen LogP contribution in [0.1, 0.15) is 15.9 Å². The van der Waals surface area contributed by atoms with Crippen LogP contribution >= 0.6 is 23.2 Å². The fourth-order valence-electron chi connectivity index (χ4n) is 1.53. The molecule has 0 spiro atoms. The number of aromatic hydroxyl groups is 1. The number of rotatable bonds is 3. The molecule has 0 saturated heterocycles. The first-order valence-corrected chi connectivity index (χ1v) is 6.28. The average Bonchev–Trinajstić information content (AvgIpc) is 2.38. The van der Waals surface area contributed by atoms with Gasteiger partial charge in [0.05, 0.1) is 5.02 Å². The summed E-state index contributed by atoms with van der Waals surface area (Å²) < 4.78 is 0. The fraction of sp³-hybridized carbons (Fsp3) is 0. The van der Waals surface area contributed by atoms with E-state index in [9.17, 15) is 9.90 Å². The number of benzene rings is 2. The molecule has 0 aliphatic carbocycles. The summed E-state index contributed by atoms with van der Waals surface area (Å²) in [5.41, 5.74) is 1.22. The number of carbonyl (C=O) groups excluding carboxylic acids is 1. The Hall–Kier alpha value is -1.77. The van der Waals surface area contributed by atoms with Gasteiger partial charge in [0.15, 0.2) is 5.78 Å². The van der Waals surface area contributed by atoms with Gasteiger partial charge >= 0.3 is 0 Å². The van der Waals surface area contributed by atoms with Crippen LogP contribution in [0.4, 0.5) is 0 Å². The summed E-state index contributed by atoms with van der Waals surface area (Å²) in [5.74, 6) is -0.0491. The number of halogens is 2. The van der Waals surface area contributed by atoms with Crippen LogP contribution in [0.5, 0.6) is 5.75 Å². The third kappa shape index (κ3) is 3.60. The van der Waals surface area contributed by atoms with Crippen LogP contribution in [0.3, 0.4) is 0 Å². The van der Waals surface area contributed by atoms with Crippen molar-refractivity contribution in [3.8, 4) is 5.75 Å². The van der Waals surface area contributed by atoms with Gasteiger partial charge < -0.3 is 5.11 Å². The van der Waals surface area contributed by atoms with Crippen LogP contribution in [-0.2, 0) is 0 Å². The lowest BCUT2D eigenvalue weighted by Gasteiger charge is -1.99. The van der Waals surface area contributed by atoms with E-state index in [4.69, 9.17) is 23.2 Å². The molecule has 0 bridgehead atoms. The standard InChI is InChI=1S/C15H10Cl2O2/c16-12-5-1-11(2-6-12)15(19)8-4-10-3-7-13(18)9-14(10)17/h1-9,18H. The molecule has 4 heteroatoms. The topological polar surface area (TPSA) is 37.3 Å². The predicted molar refractivity (Wildman–Crippen MR) is 77.9 cm³/mol. The Bertz CT molecular complexity index is 631. The molecule has 2 aromatic carbocycles. The molecule has 1 N–H and O–H groups in total. The van der Waals surface area contributed by atoms with Crippen LogP contribution in [0.15, 0.2) is 48.5 Å². The zero-order chi connectivity index (χ0) is 13.8. The summed E-state index contributed by atoms with van der Waals surface area (Å²) in [4.78, 5) is 11.9. The summed E-state index contributed by atoms with van der Waals surface area (Å²) in [7, 11) is 0. The van der Waals surface area contributed by atoms with E-state index in [0.717, 1.165) is 0 Å². The van der Waals surface area contributed by atoms with Crippen molar-refractivity contribution in [2.24, 2.45) is 0 Å². The van der Waals surface area contributed by atoms with Gasteiger partial charge in [0, 0.05) is 10.6 Å². The molecule has 96 valence electrons. The Balaban J connectivity index is 2.18. The molecular formula is C15H10Cl2O2. The number of phenols is 1. The number of ketones is 1. The molecule has 0 heterocycles. The first-order chi connectivity index (χ1) is 9.06. The van der Waals surface area contributed by atoms with E-state index >= 15 is 0 Å². The molecule has 2 aromatic rings. The maximum Gasteiger partial charge on any atom is 0.185 e. The van der Waals surface area contributed by atoms with Gasteiger partial charge in [0.1, 0.15) is 5.75 Å². The van der Waals surface area contributed by atoms with Crippen molar-refractivity contribution < 1.29 is 9.90 Å². The minimum Gasteiger partial charge on any atom is -0.508 e. The first kappa shape index (κ1) is 13.7. The molecule has 0 unspecified atom stereocenters. The molecule has 0 aliphatic heterocycles. The van der Waals surface area contributed by atoms with Crippen LogP contribution in [-0.4, -0.2) is 10.9 Å². The molecular weight excluding hydrogens is 283 g/mol. The second-order valence-electron chi connectivity index (χ2n) is 3.91. The zero-order valence-corrected chi connectivity index (χ0v) is 11.3. The van der Waals surface area contributed by atoms with Gasteiger partial charge in [-0.1, -0.05) is 23.2 Å². The summed E-state index contributed by atoms with van der Waals surface area (Å²) in [6.45, 7) is 0. The third-order valence-electron chi connectivity index (χ3n) is 2.53. The highest BCUT2D eigenvalue weighted by Gasteiger charge is 2.02. The number of phenolic OH excluding ortho intramolecular Hbond substituents is 1. The minimum atomic E-state index is -0.138.